The van der Waals surface area contributed by atoms with Crippen LogP contribution in [0.3, 0.4) is 0 Å². The molecule has 2 N–H and O–H groups in total. The normalized spacial score (nSPS) is 29.6. The summed E-state index contributed by atoms with van der Waals surface area (Å²) in [4.78, 5) is 23.7. The Kier molecular flexibility index (Phi) is 3.05. The summed E-state index contributed by atoms with van der Waals surface area (Å²) in [6.07, 6.45) is 0. The molecule has 4 atom stereocenters. The Morgan fingerprint density at radius 3 is 2.21 bits per heavy atom. The highest BCUT2D eigenvalue weighted by atomic mass is 16.5. The zero-order valence-corrected chi connectivity index (χ0v) is 13.0. The number of rotatable bonds is 3. The molecule has 1 fully saturated rings. The SMILES string of the molecule is CO[C@]12c3ccccc3-c3ccccc3[C@H]1[C@H](C(=O)O)[C@@H]2C(=O)O. The highest BCUT2D eigenvalue weighted by Gasteiger charge is 2.71. The van der Waals surface area contributed by atoms with Crippen molar-refractivity contribution >= 4 is 11.9 Å². The molecule has 2 aromatic carbocycles. The molecule has 2 aliphatic rings. The zero-order chi connectivity index (χ0) is 17.1. The van der Waals surface area contributed by atoms with Crippen LogP contribution in [0.15, 0.2) is 48.5 Å². The minimum absolute atomic E-state index is 0.521. The molecule has 0 aromatic heterocycles. The first-order valence-electron chi connectivity index (χ1n) is 7.73. The van der Waals surface area contributed by atoms with Gasteiger partial charge in [0.15, 0.2) is 0 Å². The molecule has 5 heteroatoms. The molecule has 0 amide bonds. The molecule has 0 radical (unpaired) electrons. The fraction of sp³-hybridized carbons (Fsp3) is 0.263. The number of carboxylic acids is 2. The van der Waals surface area contributed by atoms with Gasteiger partial charge < -0.3 is 14.9 Å². The van der Waals surface area contributed by atoms with E-state index in [2.05, 4.69) is 0 Å². The largest absolute Gasteiger partial charge is 0.481 e. The highest BCUT2D eigenvalue weighted by molar-refractivity contribution is 5.90. The second kappa shape index (κ2) is 4.92. The second-order valence-electron chi connectivity index (χ2n) is 6.29. The Morgan fingerprint density at radius 2 is 1.58 bits per heavy atom. The summed E-state index contributed by atoms with van der Waals surface area (Å²) in [5.74, 6) is -4.91. The van der Waals surface area contributed by atoms with Gasteiger partial charge in [-0.05, 0) is 22.3 Å². The Labute approximate surface area is 138 Å². The Hall–Kier alpha value is -2.66. The predicted octanol–water partition coefficient (Wildman–Crippen LogP) is 2.71. The Balaban J connectivity index is 2.06. The molecule has 0 aliphatic heterocycles. The van der Waals surface area contributed by atoms with Crippen LogP contribution in [0.4, 0.5) is 0 Å². The number of fused-ring (bicyclic) bond motifs is 6. The molecule has 122 valence electrons. The van der Waals surface area contributed by atoms with Crippen molar-refractivity contribution in [3.63, 3.8) is 0 Å². The van der Waals surface area contributed by atoms with Crippen LogP contribution in [-0.4, -0.2) is 29.3 Å². The molecule has 5 nitrogen and oxygen atoms in total. The zero-order valence-electron chi connectivity index (χ0n) is 13.0. The lowest BCUT2D eigenvalue weighted by Crippen LogP contribution is -2.65. The summed E-state index contributed by atoms with van der Waals surface area (Å²) >= 11 is 0. The van der Waals surface area contributed by atoms with Crippen LogP contribution < -0.4 is 0 Å². The molecule has 0 spiro atoms. The van der Waals surface area contributed by atoms with Crippen molar-refractivity contribution < 1.29 is 24.5 Å². The van der Waals surface area contributed by atoms with Gasteiger partial charge in [-0.25, -0.2) is 0 Å². The first-order valence-corrected chi connectivity index (χ1v) is 7.73. The molecular weight excluding hydrogens is 308 g/mol. The summed E-state index contributed by atoms with van der Waals surface area (Å²) < 4.78 is 5.77. The molecule has 0 heterocycles. The van der Waals surface area contributed by atoms with E-state index < -0.39 is 35.3 Å². The van der Waals surface area contributed by atoms with Crippen LogP contribution in [0.2, 0.25) is 0 Å². The average molecular weight is 324 g/mol. The van der Waals surface area contributed by atoms with Gasteiger partial charge in [0.1, 0.15) is 11.5 Å². The molecule has 24 heavy (non-hydrogen) atoms. The summed E-state index contributed by atoms with van der Waals surface area (Å²) in [6.45, 7) is 0. The molecule has 0 unspecified atom stereocenters. The monoisotopic (exact) mass is 324 g/mol. The number of methoxy groups -OCH3 is 1. The van der Waals surface area contributed by atoms with Crippen molar-refractivity contribution in [3.8, 4) is 11.1 Å². The van der Waals surface area contributed by atoms with Crippen LogP contribution in [0.25, 0.3) is 11.1 Å². The van der Waals surface area contributed by atoms with E-state index in [-0.39, 0.29) is 0 Å². The van der Waals surface area contributed by atoms with Gasteiger partial charge in [-0.15, -0.1) is 0 Å². The van der Waals surface area contributed by atoms with Crippen molar-refractivity contribution in [2.24, 2.45) is 11.8 Å². The summed E-state index contributed by atoms with van der Waals surface area (Å²) in [5, 5.41) is 19.4. The van der Waals surface area contributed by atoms with Gasteiger partial charge in [0.2, 0.25) is 0 Å². The number of hydrogen-bond donors (Lipinski definition) is 2. The van der Waals surface area contributed by atoms with Crippen molar-refractivity contribution in [1.29, 1.82) is 0 Å². The van der Waals surface area contributed by atoms with Gasteiger partial charge in [-0.2, -0.15) is 0 Å². The molecule has 0 bridgehead atoms. The maximum Gasteiger partial charge on any atom is 0.310 e. The summed E-state index contributed by atoms with van der Waals surface area (Å²) in [6, 6.07) is 15.1. The van der Waals surface area contributed by atoms with E-state index in [0.717, 1.165) is 22.3 Å². The fourth-order valence-electron chi connectivity index (χ4n) is 4.62. The van der Waals surface area contributed by atoms with Crippen LogP contribution in [0.5, 0.6) is 0 Å². The standard InChI is InChI=1S/C19H16O5/c1-24-19-13-9-5-4-7-11(13)10-6-2-3-8-12(10)15(19)14(17(20)21)16(19)18(22)23/h2-9,14-16H,1H3,(H,20,21)(H,22,23)/t14-,15-,16+,19+/m0/s1. The Bertz CT molecular complexity index is 858. The lowest BCUT2D eigenvalue weighted by molar-refractivity contribution is -0.217. The quantitative estimate of drug-likeness (QED) is 0.907. The van der Waals surface area contributed by atoms with E-state index in [9.17, 15) is 19.8 Å². The number of carbonyl (C=O) groups is 2. The van der Waals surface area contributed by atoms with E-state index in [4.69, 9.17) is 4.74 Å². The summed E-state index contributed by atoms with van der Waals surface area (Å²) in [7, 11) is 1.46. The molecule has 2 aromatic rings. The molecular formula is C19H16O5. The van der Waals surface area contributed by atoms with Gasteiger partial charge in [0, 0.05) is 13.0 Å². The first-order chi connectivity index (χ1) is 11.5. The van der Waals surface area contributed by atoms with Crippen LogP contribution in [0.1, 0.15) is 17.0 Å². The van der Waals surface area contributed by atoms with Crippen molar-refractivity contribution in [2.75, 3.05) is 7.11 Å². The number of hydrogen-bond acceptors (Lipinski definition) is 3. The first kappa shape index (κ1) is 14.9. The van der Waals surface area contributed by atoms with Crippen molar-refractivity contribution in [1.82, 2.24) is 0 Å². The lowest BCUT2D eigenvalue weighted by atomic mass is 9.46. The lowest BCUT2D eigenvalue weighted by Gasteiger charge is -2.59. The molecule has 1 saturated carbocycles. The van der Waals surface area contributed by atoms with Gasteiger partial charge in [-0.3, -0.25) is 9.59 Å². The van der Waals surface area contributed by atoms with Gasteiger partial charge in [0.05, 0.1) is 5.92 Å². The summed E-state index contributed by atoms with van der Waals surface area (Å²) in [5.41, 5.74) is 2.28. The van der Waals surface area contributed by atoms with E-state index in [1.807, 2.05) is 48.5 Å². The van der Waals surface area contributed by atoms with Crippen LogP contribution >= 0.6 is 0 Å². The molecule has 4 rings (SSSR count). The average Bonchev–Trinajstić information content (AvgIpc) is 2.54. The number of benzene rings is 2. The third kappa shape index (κ3) is 1.57. The van der Waals surface area contributed by atoms with E-state index >= 15 is 0 Å². The number of ether oxygens (including phenoxy) is 1. The minimum atomic E-state index is -1.15. The second-order valence-corrected chi connectivity index (χ2v) is 6.29. The fourth-order valence-corrected chi connectivity index (χ4v) is 4.62. The highest BCUT2D eigenvalue weighted by Crippen LogP contribution is 2.67. The van der Waals surface area contributed by atoms with Crippen LogP contribution in [-0.2, 0) is 19.9 Å². The van der Waals surface area contributed by atoms with Gasteiger partial charge in [0.25, 0.3) is 0 Å². The van der Waals surface area contributed by atoms with Gasteiger partial charge in [-0.1, -0.05) is 48.5 Å². The smallest absolute Gasteiger partial charge is 0.310 e. The Morgan fingerprint density at radius 1 is 0.958 bits per heavy atom. The topological polar surface area (TPSA) is 83.8 Å². The molecule has 0 saturated heterocycles. The maximum atomic E-state index is 11.9. The third-order valence-electron chi connectivity index (χ3n) is 5.47. The van der Waals surface area contributed by atoms with Crippen LogP contribution in [0, 0.1) is 11.8 Å². The third-order valence-corrected chi connectivity index (χ3v) is 5.47. The van der Waals surface area contributed by atoms with Crippen molar-refractivity contribution in [2.45, 2.75) is 11.5 Å². The predicted molar refractivity (Wildman–Crippen MR) is 85.6 cm³/mol. The van der Waals surface area contributed by atoms with E-state index in [1.165, 1.54) is 7.11 Å². The van der Waals surface area contributed by atoms with Gasteiger partial charge >= 0.3 is 11.9 Å². The number of aliphatic carboxylic acids is 2. The molecule has 2 aliphatic carbocycles. The minimum Gasteiger partial charge on any atom is -0.481 e. The maximum absolute atomic E-state index is 11.9. The van der Waals surface area contributed by atoms with E-state index in [1.54, 1.807) is 0 Å². The van der Waals surface area contributed by atoms with E-state index in [0.29, 0.717) is 0 Å². The van der Waals surface area contributed by atoms with Crippen molar-refractivity contribution in [3.05, 3.63) is 59.7 Å². The number of carboxylic acid groups (broad SMARTS) is 2.